The second-order valence-corrected chi connectivity index (χ2v) is 4.93. The fourth-order valence-corrected chi connectivity index (χ4v) is 2.18. The molecule has 0 spiro atoms. The highest BCUT2D eigenvalue weighted by Gasteiger charge is 2.14. The Hall–Kier alpha value is -1.58. The molecule has 0 saturated heterocycles. The van der Waals surface area contributed by atoms with Gasteiger partial charge in [-0.05, 0) is 12.1 Å². The van der Waals surface area contributed by atoms with Crippen LogP contribution in [0.4, 0.5) is 5.69 Å². The molecule has 0 aliphatic carbocycles. The highest BCUT2D eigenvalue weighted by atomic mass is 35.5. The van der Waals surface area contributed by atoms with Crippen LogP contribution in [0.15, 0.2) is 42.6 Å². The average Bonchev–Trinajstić information content (AvgIpc) is 2.37. The summed E-state index contributed by atoms with van der Waals surface area (Å²) in [5.74, 6) is -0.172. The molecule has 1 aromatic heterocycles. The number of rotatable bonds is 3. The van der Waals surface area contributed by atoms with Crippen molar-refractivity contribution >= 4 is 34.8 Å². The minimum absolute atomic E-state index is 0.172. The van der Waals surface area contributed by atoms with Crippen LogP contribution in [0.25, 0.3) is 0 Å². The summed E-state index contributed by atoms with van der Waals surface area (Å²) >= 11 is 12.0. The van der Waals surface area contributed by atoms with Crippen molar-refractivity contribution < 1.29 is 9.36 Å². The van der Waals surface area contributed by atoms with Gasteiger partial charge in [0.2, 0.25) is 6.54 Å². The summed E-state index contributed by atoms with van der Waals surface area (Å²) in [6.45, 7) is 2.16. The number of pyridine rings is 1. The summed E-state index contributed by atoms with van der Waals surface area (Å²) in [4.78, 5) is 12.0. The van der Waals surface area contributed by atoms with Gasteiger partial charge in [-0.3, -0.25) is 4.79 Å². The van der Waals surface area contributed by atoms with Crippen LogP contribution in [0.2, 0.25) is 10.0 Å². The van der Waals surface area contributed by atoms with Crippen molar-refractivity contribution in [2.45, 2.75) is 13.5 Å². The minimum atomic E-state index is -0.172. The van der Waals surface area contributed by atoms with Gasteiger partial charge in [-0.2, -0.15) is 4.57 Å². The fraction of sp³-hybridized carbons (Fsp3) is 0.143. The molecule has 2 rings (SSSR count). The molecular formula is C14H13Cl2N2O+. The third kappa shape index (κ3) is 3.46. The van der Waals surface area contributed by atoms with Crippen LogP contribution in [-0.4, -0.2) is 5.91 Å². The number of hydrogen-bond acceptors (Lipinski definition) is 1. The van der Waals surface area contributed by atoms with E-state index in [9.17, 15) is 4.79 Å². The van der Waals surface area contributed by atoms with E-state index in [1.165, 1.54) is 0 Å². The molecule has 2 aromatic rings. The van der Waals surface area contributed by atoms with Crippen LogP contribution in [0.5, 0.6) is 0 Å². The summed E-state index contributed by atoms with van der Waals surface area (Å²) in [6, 6.07) is 10.8. The Morgan fingerprint density at radius 3 is 2.47 bits per heavy atom. The van der Waals surface area contributed by atoms with Gasteiger partial charge >= 0.3 is 0 Å². The molecule has 98 valence electrons. The first-order valence-corrected chi connectivity index (χ1v) is 6.52. The molecule has 0 atom stereocenters. The van der Waals surface area contributed by atoms with Crippen LogP contribution in [-0.2, 0) is 11.3 Å². The SMILES string of the molecule is Cc1cccc[n+]1CC(=O)Nc1c(Cl)cccc1Cl. The summed E-state index contributed by atoms with van der Waals surface area (Å²) < 4.78 is 1.85. The Morgan fingerprint density at radius 2 is 1.84 bits per heavy atom. The molecule has 5 heteroatoms. The van der Waals surface area contributed by atoms with Crippen molar-refractivity contribution in [3.8, 4) is 0 Å². The summed E-state index contributed by atoms with van der Waals surface area (Å²) in [5, 5.41) is 3.58. The van der Waals surface area contributed by atoms with Gasteiger partial charge in [0.1, 0.15) is 0 Å². The monoisotopic (exact) mass is 295 g/mol. The van der Waals surface area contributed by atoms with Crippen LogP contribution in [0, 0.1) is 6.92 Å². The molecule has 0 radical (unpaired) electrons. The van der Waals surface area contributed by atoms with Crippen LogP contribution in [0.1, 0.15) is 5.69 Å². The largest absolute Gasteiger partial charge is 0.318 e. The standard InChI is InChI=1S/C14H12Cl2N2O/c1-10-5-2-3-8-18(10)9-13(19)17-14-11(15)6-4-7-12(14)16/h2-8H,9H2,1H3/p+1. The third-order valence-corrected chi connectivity index (χ3v) is 3.34. The van der Waals surface area contributed by atoms with E-state index < -0.39 is 0 Å². The Labute approximate surface area is 121 Å². The zero-order chi connectivity index (χ0) is 13.8. The first-order chi connectivity index (χ1) is 9.08. The van der Waals surface area contributed by atoms with Crippen molar-refractivity contribution in [2.75, 3.05) is 5.32 Å². The molecule has 1 heterocycles. The number of anilines is 1. The molecule has 1 N–H and O–H groups in total. The molecule has 0 saturated carbocycles. The van der Waals surface area contributed by atoms with Crippen molar-refractivity contribution in [1.29, 1.82) is 0 Å². The van der Waals surface area contributed by atoms with Gasteiger partial charge in [0, 0.05) is 19.1 Å². The number of aryl methyl sites for hydroxylation is 1. The lowest BCUT2D eigenvalue weighted by Gasteiger charge is -2.07. The van der Waals surface area contributed by atoms with Crippen LogP contribution >= 0.6 is 23.2 Å². The predicted molar refractivity (Wildman–Crippen MR) is 76.5 cm³/mol. The van der Waals surface area contributed by atoms with Crippen molar-refractivity contribution in [3.63, 3.8) is 0 Å². The first-order valence-electron chi connectivity index (χ1n) is 5.77. The summed E-state index contributed by atoms with van der Waals surface area (Å²) in [5.41, 5.74) is 1.45. The van der Waals surface area contributed by atoms with E-state index >= 15 is 0 Å². The first kappa shape index (κ1) is 13.8. The highest BCUT2D eigenvalue weighted by Crippen LogP contribution is 2.29. The number of halogens is 2. The molecule has 19 heavy (non-hydrogen) atoms. The summed E-state index contributed by atoms with van der Waals surface area (Å²) in [6.07, 6.45) is 1.85. The number of para-hydroxylation sites is 1. The summed E-state index contributed by atoms with van der Waals surface area (Å²) in [7, 11) is 0. The molecule has 1 aromatic carbocycles. The number of hydrogen-bond donors (Lipinski definition) is 1. The maximum absolute atomic E-state index is 12.0. The maximum atomic E-state index is 12.0. The number of nitrogens with zero attached hydrogens (tertiary/aromatic N) is 1. The van der Waals surface area contributed by atoms with Crippen molar-refractivity contribution in [1.82, 2.24) is 0 Å². The van der Waals surface area contributed by atoms with Gasteiger partial charge in [-0.25, -0.2) is 0 Å². The van der Waals surface area contributed by atoms with Gasteiger partial charge in [-0.15, -0.1) is 0 Å². The molecular weight excluding hydrogens is 283 g/mol. The van der Waals surface area contributed by atoms with Crippen LogP contribution < -0.4 is 9.88 Å². The molecule has 1 amide bonds. The van der Waals surface area contributed by atoms with Gasteiger partial charge in [0.25, 0.3) is 5.91 Å². The molecule has 0 bridgehead atoms. The molecule has 0 aliphatic heterocycles. The van der Waals surface area contributed by atoms with E-state index in [0.717, 1.165) is 5.69 Å². The van der Waals surface area contributed by atoms with Gasteiger partial charge in [0.05, 0.1) is 15.7 Å². The number of aromatic nitrogens is 1. The highest BCUT2D eigenvalue weighted by molar-refractivity contribution is 6.39. The predicted octanol–water partition coefficient (Wildman–Crippen LogP) is 3.23. The van der Waals surface area contributed by atoms with E-state index in [1.54, 1.807) is 18.2 Å². The lowest BCUT2D eigenvalue weighted by atomic mass is 10.3. The topological polar surface area (TPSA) is 33.0 Å². The second kappa shape index (κ2) is 6.04. The Kier molecular flexibility index (Phi) is 4.40. The molecule has 0 aliphatic rings. The van der Waals surface area contributed by atoms with E-state index in [-0.39, 0.29) is 12.5 Å². The Morgan fingerprint density at radius 1 is 1.16 bits per heavy atom. The molecule has 3 nitrogen and oxygen atoms in total. The Bertz CT molecular complexity index is 594. The normalized spacial score (nSPS) is 10.3. The number of nitrogens with one attached hydrogen (secondary N) is 1. The van der Waals surface area contributed by atoms with Gasteiger partial charge in [-0.1, -0.05) is 35.3 Å². The maximum Gasteiger partial charge on any atom is 0.290 e. The van der Waals surface area contributed by atoms with E-state index in [0.29, 0.717) is 15.7 Å². The smallest absolute Gasteiger partial charge is 0.290 e. The minimum Gasteiger partial charge on any atom is -0.318 e. The van der Waals surface area contributed by atoms with Crippen molar-refractivity contribution in [3.05, 3.63) is 58.3 Å². The number of carbonyl (C=O) groups is 1. The molecule has 0 fully saturated rings. The number of amides is 1. The fourth-order valence-electron chi connectivity index (χ4n) is 1.69. The van der Waals surface area contributed by atoms with E-state index in [1.807, 2.05) is 35.9 Å². The number of carbonyl (C=O) groups excluding carboxylic acids is 1. The lowest BCUT2D eigenvalue weighted by molar-refractivity contribution is -0.690. The lowest BCUT2D eigenvalue weighted by Crippen LogP contribution is -2.42. The van der Waals surface area contributed by atoms with E-state index in [4.69, 9.17) is 23.2 Å². The zero-order valence-electron chi connectivity index (χ0n) is 10.4. The Balaban J connectivity index is 2.12. The average molecular weight is 296 g/mol. The zero-order valence-corrected chi connectivity index (χ0v) is 11.9. The van der Waals surface area contributed by atoms with Crippen LogP contribution in [0.3, 0.4) is 0 Å². The third-order valence-electron chi connectivity index (χ3n) is 2.71. The quantitative estimate of drug-likeness (QED) is 0.867. The van der Waals surface area contributed by atoms with E-state index in [2.05, 4.69) is 5.32 Å². The number of benzene rings is 1. The van der Waals surface area contributed by atoms with Gasteiger partial charge < -0.3 is 5.32 Å². The van der Waals surface area contributed by atoms with Gasteiger partial charge in [0.15, 0.2) is 11.9 Å². The van der Waals surface area contributed by atoms with Crippen molar-refractivity contribution in [2.24, 2.45) is 0 Å². The molecule has 0 unspecified atom stereocenters. The second-order valence-electron chi connectivity index (χ2n) is 4.11.